The molecule has 0 fully saturated rings. The highest BCUT2D eigenvalue weighted by Gasteiger charge is 2.08. The van der Waals surface area contributed by atoms with Crippen molar-refractivity contribution in [2.45, 2.75) is 6.92 Å². The Balaban J connectivity index is 1.78. The van der Waals surface area contributed by atoms with E-state index in [1.807, 2.05) is 6.92 Å². The van der Waals surface area contributed by atoms with Gasteiger partial charge in [0.15, 0.2) is 6.61 Å². The Labute approximate surface area is 168 Å². The third-order valence-electron chi connectivity index (χ3n) is 3.51. The van der Waals surface area contributed by atoms with E-state index < -0.39 is 11.8 Å². The Morgan fingerprint density at radius 1 is 0.931 bits per heavy atom. The molecule has 0 saturated carbocycles. The van der Waals surface area contributed by atoms with Crippen molar-refractivity contribution in [3.8, 4) is 11.5 Å². The minimum atomic E-state index is -0.859. The molecule has 2 aromatic carbocycles. The standard InChI is InChI=1S/C20H22N4O5/c1-3-28-16-10-6-15(7-11-16)23-18(25)13-29-17-8-4-14(5-9-17)12-22-24-20(27)19(26)21-2/h4-12H,3,13H2,1-2H3,(H,21,26)(H,23,25)(H,24,27)/b22-12-. The summed E-state index contributed by atoms with van der Waals surface area (Å²) in [5.41, 5.74) is 3.42. The average Bonchev–Trinajstić information content (AvgIpc) is 2.74. The fourth-order valence-corrected chi connectivity index (χ4v) is 2.13. The molecule has 0 heterocycles. The van der Waals surface area contributed by atoms with Crippen LogP contribution in [-0.4, -0.2) is 44.2 Å². The summed E-state index contributed by atoms with van der Waals surface area (Å²) in [6, 6.07) is 13.7. The monoisotopic (exact) mass is 398 g/mol. The maximum Gasteiger partial charge on any atom is 0.329 e. The van der Waals surface area contributed by atoms with E-state index in [2.05, 4.69) is 21.2 Å². The summed E-state index contributed by atoms with van der Waals surface area (Å²) in [6.07, 6.45) is 1.38. The molecule has 0 aromatic heterocycles. The lowest BCUT2D eigenvalue weighted by Crippen LogP contribution is -2.35. The van der Waals surface area contributed by atoms with Crippen LogP contribution in [0.3, 0.4) is 0 Å². The van der Waals surface area contributed by atoms with Crippen LogP contribution in [-0.2, 0) is 14.4 Å². The van der Waals surface area contributed by atoms with Crippen molar-refractivity contribution in [1.29, 1.82) is 0 Å². The number of carbonyl (C=O) groups is 3. The van der Waals surface area contributed by atoms with E-state index in [0.717, 1.165) is 5.75 Å². The van der Waals surface area contributed by atoms with Gasteiger partial charge in [-0.3, -0.25) is 14.4 Å². The van der Waals surface area contributed by atoms with Gasteiger partial charge in [0, 0.05) is 12.7 Å². The summed E-state index contributed by atoms with van der Waals surface area (Å²) < 4.78 is 10.8. The largest absolute Gasteiger partial charge is 0.494 e. The van der Waals surface area contributed by atoms with Gasteiger partial charge in [0.25, 0.3) is 5.91 Å². The predicted molar refractivity (Wildman–Crippen MR) is 108 cm³/mol. The molecule has 0 spiro atoms. The highest BCUT2D eigenvalue weighted by molar-refractivity contribution is 6.34. The number of nitrogens with zero attached hydrogens (tertiary/aromatic N) is 1. The fourth-order valence-electron chi connectivity index (χ4n) is 2.13. The number of hydrogen-bond acceptors (Lipinski definition) is 6. The summed E-state index contributed by atoms with van der Waals surface area (Å²) in [4.78, 5) is 34.3. The van der Waals surface area contributed by atoms with Gasteiger partial charge in [-0.05, 0) is 61.0 Å². The van der Waals surface area contributed by atoms with Crippen molar-refractivity contribution in [3.63, 3.8) is 0 Å². The van der Waals surface area contributed by atoms with Crippen LogP contribution in [0.25, 0.3) is 0 Å². The van der Waals surface area contributed by atoms with Gasteiger partial charge >= 0.3 is 11.8 Å². The molecule has 0 unspecified atom stereocenters. The summed E-state index contributed by atoms with van der Waals surface area (Å²) in [7, 11) is 1.35. The molecule has 152 valence electrons. The third-order valence-corrected chi connectivity index (χ3v) is 3.51. The quantitative estimate of drug-likeness (QED) is 0.352. The van der Waals surface area contributed by atoms with Crippen LogP contribution in [0.1, 0.15) is 12.5 Å². The number of nitrogens with one attached hydrogen (secondary N) is 3. The lowest BCUT2D eigenvalue weighted by molar-refractivity contribution is -0.138. The molecule has 29 heavy (non-hydrogen) atoms. The van der Waals surface area contributed by atoms with E-state index in [1.54, 1.807) is 48.5 Å². The first kappa shape index (κ1) is 21.4. The van der Waals surface area contributed by atoms with Gasteiger partial charge in [0.05, 0.1) is 12.8 Å². The van der Waals surface area contributed by atoms with Crippen molar-refractivity contribution in [2.75, 3.05) is 25.6 Å². The number of carbonyl (C=O) groups excluding carboxylic acids is 3. The maximum atomic E-state index is 12.0. The Kier molecular flexibility index (Phi) is 8.18. The smallest absolute Gasteiger partial charge is 0.329 e. The van der Waals surface area contributed by atoms with Crippen molar-refractivity contribution in [1.82, 2.24) is 10.7 Å². The van der Waals surface area contributed by atoms with Gasteiger partial charge in [-0.1, -0.05) is 0 Å². The number of benzene rings is 2. The zero-order valence-electron chi connectivity index (χ0n) is 16.1. The minimum absolute atomic E-state index is 0.150. The third kappa shape index (κ3) is 7.33. The second-order valence-electron chi connectivity index (χ2n) is 5.64. The summed E-state index contributed by atoms with van der Waals surface area (Å²) >= 11 is 0. The highest BCUT2D eigenvalue weighted by Crippen LogP contribution is 2.16. The first-order valence-electron chi connectivity index (χ1n) is 8.82. The topological polar surface area (TPSA) is 118 Å². The number of anilines is 1. The molecule has 3 amide bonds. The molecule has 0 bridgehead atoms. The van der Waals surface area contributed by atoms with E-state index >= 15 is 0 Å². The van der Waals surface area contributed by atoms with E-state index in [1.165, 1.54) is 13.3 Å². The molecule has 0 radical (unpaired) electrons. The molecule has 2 rings (SSSR count). The van der Waals surface area contributed by atoms with Crippen molar-refractivity contribution in [2.24, 2.45) is 5.10 Å². The van der Waals surface area contributed by atoms with Gasteiger partial charge in [0.1, 0.15) is 11.5 Å². The molecule has 0 atom stereocenters. The molecule has 0 aliphatic rings. The summed E-state index contributed by atoms with van der Waals surface area (Å²) in [6.45, 7) is 2.33. The van der Waals surface area contributed by atoms with E-state index in [4.69, 9.17) is 9.47 Å². The number of ether oxygens (including phenoxy) is 2. The van der Waals surface area contributed by atoms with Crippen LogP contribution >= 0.6 is 0 Å². The fraction of sp³-hybridized carbons (Fsp3) is 0.200. The van der Waals surface area contributed by atoms with Crippen LogP contribution in [0.2, 0.25) is 0 Å². The number of likely N-dealkylation sites (N-methyl/N-ethyl adjacent to an activating group) is 1. The number of hydrogen-bond donors (Lipinski definition) is 3. The van der Waals surface area contributed by atoms with E-state index in [0.29, 0.717) is 23.6 Å². The molecule has 0 saturated heterocycles. The lowest BCUT2D eigenvalue weighted by atomic mass is 10.2. The highest BCUT2D eigenvalue weighted by atomic mass is 16.5. The van der Waals surface area contributed by atoms with Gasteiger partial charge in [0.2, 0.25) is 0 Å². The van der Waals surface area contributed by atoms with Crippen molar-refractivity contribution < 1.29 is 23.9 Å². The molecule has 0 aliphatic heterocycles. The van der Waals surface area contributed by atoms with Crippen LogP contribution in [0.15, 0.2) is 53.6 Å². The van der Waals surface area contributed by atoms with Crippen LogP contribution in [0.4, 0.5) is 5.69 Å². The van der Waals surface area contributed by atoms with E-state index in [-0.39, 0.29) is 12.5 Å². The molecule has 3 N–H and O–H groups in total. The average molecular weight is 398 g/mol. The molecule has 9 nitrogen and oxygen atoms in total. The minimum Gasteiger partial charge on any atom is -0.494 e. The first-order chi connectivity index (χ1) is 14.0. The second kappa shape index (κ2) is 11.1. The van der Waals surface area contributed by atoms with Crippen molar-refractivity contribution in [3.05, 3.63) is 54.1 Å². The zero-order valence-corrected chi connectivity index (χ0v) is 16.1. The zero-order chi connectivity index (χ0) is 21.1. The van der Waals surface area contributed by atoms with Gasteiger partial charge in [-0.25, -0.2) is 5.43 Å². The molecule has 2 aromatic rings. The first-order valence-corrected chi connectivity index (χ1v) is 8.82. The molecular weight excluding hydrogens is 376 g/mol. The number of amides is 3. The van der Waals surface area contributed by atoms with Crippen molar-refractivity contribution >= 4 is 29.6 Å². The maximum absolute atomic E-state index is 12.0. The number of hydrazone groups is 1. The number of rotatable bonds is 8. The molecule has 0 aliphatic carbocycles. The second-order valence-corrected chi connectivity index (χ2v) is 5.64. The Morgan fingerprint density at radius 2 is 1.55 bits per heavy atom. The van der Waals surface area contributed by atoms with Gasteiger partial charge < -0.3 is 20.1 Å². The van der Waals surface area contributed by atoms with Crippen LogP contribution in [0.5, 0.6) is 11.5 Å². The van der Waals surface area contributed by atoms with E-state index in [9.17, 15) is 14.4 Å². The Hall–Kier alpha value is -3.88. The molecule has 9 heteroatoms. The summed E-state index contributed by atoms with van der Waals surface area (Å²) in [5.74, 6) is -0.703. The van der Waals surface area contributed by atoms with Gasteiger partial charge in [-0.15, -0.1) is 0 Å². The lowest BCUT2D eigenvalue weighted by Gasteiger charge is -2.08. The SMILES string of the molecule is CCOc1ccc(NC(=O)COc2ccc(/C=N\NC(=O)C(=O)NC)cc2)cc1. The predicted octanol–water partition coefficient (Wildman–Crippen LogP) is 1.30. The van der Waals surface area contributed by atoms with Crippen LogP contribution in [0, 0.1) is 0 Å². The Bertz CT molecular complexity index is 863. The molecular formula is C20H22N4O5. The Morgan fingerprint density at radius 3 is 2.17 bits per heavy atom. The van der Waals surface area contributed by atoms with Gasteiger partial charge in [-0.2, -0.15) is 5.10 Å². The van der Waals surface area contributed by atoms with Crippen LogP contribution < -0.4 is 25.5 Å². The summed E-state index contributed by atoms with van der Waals surface area (Å²) in [5, 5.41) is 8.60. The normalized spacial score (nSPS) is 10.3.